The predicted octanol–water partition coefficient (Wildman–Crippen LogP) is 4.15. The highest BCUT2D eigenvalue weighted by atomic mass is 79.9. The number of halogens is 1. The molecule has 0 fully saturated rings. The quantitative estimate of drug-likeness (QED) is 0.182. The summed E-state index contributed by atoms with van der Waals surface area (Å²) in [6.07, 6.45) is 3.93. The van der Waals surface area contributed by atoms with E-state index in [9.17, 15) is 19.5 Å². The van der Waals surface area contributed by atoms with E-state index < -0.39 is 29.2 Å². The van der Waals surface area contributed by atoms with E-state index in [-0.39, 0.29) is 24.7 Å². The van der Waals surface area contributed by atoms with Crippen molar-refractivity contribution in [2.24, 2.45) is 5.92 Å². The molecule has 8 nitrogen and oxygen atoms in total. The molecule has 0 aliphatic carbocycles. The summed E-state index contributed by atoms with van der Waals surface area (Å²) in [5, 5.41) is 16.5. The molecule has 3 heterocycles. The molecular formula is C26H29BrN4O4S2. The van der Waals surface area contributed by atoms with Gasteiger partial charge < -0.3 is 15.7 Å². The van der Waals surface area contributed by atoms with Crippen LogP contribution in [-0.2, 0) is 27.2 Å². The van der Waals surface area contributed by atoms with Crippen molar-refractivity contribution >= 4 is 57.7 Å². The number of aliphatic carboxylic acids is 1. The molecule has 0 radical (unpaired) electrons. The highest BCUT2D eigenvalue weighted by Crippen LogP contribution is 2.22. The van der Waals surface area contributed by atoms with Gasteiger partial charge in [0.05, 0.1) is 15.8 Å². The molecule has 3 atom stereocenters. The summed E-state index contributed by atoms with van der Waals surface area (Å²) in [6, 6.07) is 8.83. The normalized spacial score (nSPS) is 13.5. The van der Waals surface area contributed by atoms with E-state index in [2.05, 4.69) is 49.2 Å². The van der Waals surface area contributed by atoms with E-state index in [0.717, 1.165) is 10.6 Å². The number of pyridine rings is 2. The van der Waals surface area contributed by atoms with Gasteiger partial charge in [-0.25, -0.2) is 9.78 Å². The van der Waals surface area contributed by atoms with Gasteiger partial charge in [0.1, 0.15) is 16.7 Å². The lowest BCUT2D eigenvalue weighted by atomic mass is 10.0. The lowest BCUT2D eigenvalue weighted by Crippen LogP contribution is -2.54. The molecule has 2 amide bonds. The number of nitrogens with one attached hydrogen (secondary N) is 2. The van der Waals surface area contributed by atoms with Crippen molar-refractivity contribution in [2.75, 3.05) is 0 Å². The van der Waals surface area contributed by atoms with E-state index in [1.54, 1.807) is 41.9 Å². The first kappa shape index (κ1) is 28.8. The SMILES string of the molecule is CC(C)CC(S)C(=O)NC(Cc1ccc(Br)nc1)C(=O)NC(Cc1ccc(-c2cccs2)nc1)C(=O)O. The van der Waals surface area contributed by atoms with Crippen LogP contribution in [0.5, 0.6) is 0 Å². The molecule has 3 unspecified atom stereocenters. The number of amides is 2. The number of nitrogens with zero attached hydrogens (tertiary/aromatic N) is 2. The number of thiol groups is 1. The van der Waals surface area contributed by atoms with Crippen LogP contribution in [0.1, 0.15) is 31.4 Å². The molecule has 0 spiro atoms. The molecule has 0 aliphatic rings. The van der Waals surface area contributed by atoms with Crippen LogP contribution >= 0.6 is 39.9 Å². The number of hydrogen-bond acceptors (Lipinski definition) is 7. The Kier molecular flexibility index (Phi) is 10.7. The van der Waals surface area contributed by atoms with E-state index in [0.29, 0.717) is 22.2 Å². The number of rotatable bonds is 12. The Balaban J connectivity index is 1.73. The fourth-order valence-corrected chi connectivity index (χ4v) is 5.05. The van der Waals surface area contributed by atoms with E-state index in [1.165, 1.54) is 0 Å². The summed E-state index contributed by atoms with van der Waals surface area (Å²) in [6.45, 7) is 3.96. The summed E-state index contributed by atoms with van der Waals surface area (Å²) in [7, 11) is 0. The first-order chi connectivity index (χ1) is 17.6. The number of carboxylic acids is 1. The van der Waals surface area contributed by atoms with E-state index in [1.807, 2.05) is 37.4 Å². The summed E-state index contributed by atoms with van der Waals surface area (Å²) in [5.41, 5.74) is 2.17. The van der Waals surface area contributed by atoms with Gasteiger partial charge in [0.2, 0.25) is 11.8 Å². The van der Waals surface area contributed by atoms with Crippen molar-refractivity contribution in [3.8, 4) is 10.6 Å². The minimum atomic E-state index is -1.20. The molecule has 0 aromatic carbocycles. The topological polar surface area (TPSA) is 121 Å². The van der Waals surface area contributed by atoms with Gasteiger partial charge in [-0.05, 0) is 63.0 Å². The second-order valence-electron chi connectivity index (χ2n) is 9.03. The van der Waals surface area contributed by atoms with Crippen molar-refractivity contribution in [1.29, 1.82) is 0 Å². The molecule has 0 saturated heterocycles. The van der Waals surface area contributed by atoms with Crippen LogP contribution in [0, 0.1) is 5.92 Å². The van der Waals surface area contributed by atoms with Gasteiger partial charge in [-0.1, -0.05) is 32.0 Å². The van der Waals surface area contributed by atoms with Gasteiger partial charge in [-0.15, -0.1) is 11.3 Å². The van der Waals surface area contributed by atoms with Crippen LogP contribution in [-0.4, -0.2) is 50.2 Å². The zero-order valence-electron chi connectivity index (χ0n) is 20.4. The summed E-state index contributed by atoms with van der Waals surface area (Å²) < 4.78 is 0.637. The van der Waals surface area contributed by atoms with Crippen molar-refractivity contribution in [3.63, 3.8) is 0 Å². The molecule has 3 aromatic rings. The minimum absolute atomic E-state index is 0.0435. The standard InChI is InChI=1S/C26H29BrN4O4S2/c1-15(2)10-21(36)25(33)30-19(11-17-6-8-23(27)29-14-17)24(32)31-20(26(34)35)12-16-5-7-18(28-13-16)22-4-3-9-37-22/h3-9,13-15,19-21,36H,10-12H2,1-2H3,(H,30,33)(H,31,32)(H,34,35). The molecule has 3 aromatic heterocycles. The van der Waals surface area contributed by atoms with E-state index >= 15 is 0 Å². The number of carbonyl (C=O) groups excluding carboxylic acids is 2. The van der Waals surface area contributed by atoms with Crippen LogP contribution < -0.4 is 10.6 Å². The molecule has 0 aliphatic heterocycles. The van der Waals surface area contributed by atoms with Gasteiger partial charge in [-0.2, -0.15) is 12.6 Å². The zero-order valence-corrected chi connectivity index (χ0v) is 23.7. The maximum Gasteiger partial charge on any atom is 0.326 e. The monoisotopic (exact) mass is 604 g/mol. The van der Waals surface area contributed by atoms with E-state index in [4.69, 9.17) is 0 Å². The molecule has 196 valence electrons. The number of hydrogen-bond donors (Lipinski definition) is 4. The van der Waals surface area contributed by atoms with Crippen molar-refractivity contribution < 1.29 is 19.5 Å². The average Bonchev–Trinajstić information content (AvgIpc) is 3.39. The Labute approximate surface area is 233 Å². The van der Waals surface area contributed by atoms with Crippen LogP contribution in [0.15, 0.2) is 58.8 Å². The maximum absolute atomic E-state index is 13.3. The lowest BCUT2D eigenvalue weighted by molar-refractivity contribution is -0.142. The maximum atomic E-state index is 13.3. The van der Waals surface area contributed by atoms with Gasteiger partial charge >= 0.3 is 5.97 Å². The van der Waals surface area contributed by atoms with Gasteiger partial charge in [-0.3, -0.25) is 14.6 Å². The fraction of sp³-hybridized carbons (Fsp3) is 0.346. The lowest BCUT2D eigenvalue weighted by Gasteiger charge is -2.23. The van der Waals surface area contributed by atoms with Crippen LogP contribution in [0.25, 0.3) is 10.6 Å². The Morgan fingerprint density at radius 2 is 1.62 bits per heavy atom. The molecule has 3 N–H and O–H groups in total. The third kappa shape index (κ3) is 8.94. The van der Waals surface area contributed by atoms with Gasteiger partial charge in [0.25, 0.3) is 0 Å². The van der Waals surface area contributed by atoms with Crippen LogP contribution in [0.4, 0.5) is 0 Å². The summed E-state index contributed by atoms with van der Waals surface area (Å²) in [5.74, 6) is -1.93. The Morgan fingerprint density at radius 3 is 2.16 bits per heavy atom. The predicted molar refractivity (Wildman–Crippen MR) is 151 cm³/mol. The number of carbonyl (C=O) groups is 3. The smallest absolute Gasteiger partial charge is 0.326 e. The van der Waals surface area contributed by atoms with Crippen LogP contribution in [0.2, 0.25) is 0 Å². The first-order valence-corrected chi connectivity index (χ1v) is 13.9. The third-order valence-corrected chi connectivity index (χ3v) is 7.32. The van der Waals surface area contributed by atoms with Crippen molar-refractivity contribution in [3.05, 3.63) is 69.9 Å². The van der Waals surface area contributed by atoms with Gasteiger partial charge in [0, 0.05) is 25.2 Å². The molecule has 37 heavy (non-hydrogen) atoms. The summed E-state index contributed by atoms with van der Waals surface area (Å²) in [4.78, 5) is 47.6. The third-order valence-electron chi connectivity index (χ3n) is 5.51. The first-order valence-electron chi connectivity index (χ1n) is 11.7. The Bertz CT molecular complexity index is 1190. The second kappa shape index (κ2) is 13.7. The number of carboxylic acid groups (broad SMARTS) is 1. The molecule has 3 rings (SSSR count). The molecule has 11 heteroatoms. The largest absolute Gasteiger partial charge is 0.480 e. The Morgan fingerprint density at radius 1 is 0.973 bits per heavy atom. The fourth-order valence-electron chi connectivity index (χ4n) is 3.62. The van der Waals surface area contributed by atoms with Crippen molar-refractivity contribution in [1.82, 2.24) is 20.6 Å². The Hall–Kier alpha value is -2.76. The molecule has 0 bridgehead atoms. The molecule has 0 saturated carbocycles. The summed E-state index contributed by atoms with van der Waals surface area (Å²) >= 11 is 9.22. The average molecular weight is 606 g/mol. The highest BCUT2D eigenvalue weighted by molar-refractivity contribution is 9.10. The number of aromatic nitrogens is 2. The zero-order chi connectivity index (χ0) is 26.9. The van der Waals surface area contributed by atoms with Gasteiger partial charge in [0.15, 0.2) is 0 Å². The minimum Gasteiger partial charge on any atom is -0.480 e. The highest BCUT2D eigenvalue weighted by Gasteiger charge is 2.29. The van der Waals surface area contributed by atoms with Crippen LogP contribution in [0.3, 0.4) is 0 Å². The van der Waals surface area contributed by atoms with Crippen molar-refractivity contribution in [2.45, 2.75) is 50.4 Å². The second-order valence-corrected chi connectivity index (χ2v) is 11.4. The molecular weight excluding hydrogens is 576 g/mol. The number of thiophene rings is 1.